The van der Waals surface area contributed by atoms with Crippen molar-refractivity contribution in [2.75, 3.05) is 6.61 Å². The summed E-state index contributed by atoms with van der Waals surface area (Å²) in [6.07, 6.45) is -7.84. The van der Waals surface area contributed by atoms with E-state index in [-0.39, 0.29) is 5.56 Å². The monoisotopic (exact) mass is 460 g/mol. The van der Waals surface area contributed by atoms with Gasteiger partial charge in [0.25, 0.3) is 0 Å². The van der Waals surface area contributed by atoms with Crippen molar-refractivity contribution in [1.82, 2.24) is 0 Å². The Balaban J connectivity index is 2.52. The zero-order valence-corrected chi connectivity index (χ0v) is 16.8. The Morgan fingerprint density at radius 2 is 1.31 bits per heavy atom. The minimum absolute atomic E-state index is 0.291. The lowest BCUT2D eigenvalue weighted by molar-refractivity contribution is -0.218. The Kier molecular flexibility index (Phi) is 8.16. The van der Waals surface area contributed by atoms with E-state index in [0.29, 0.717) is 12.1 Å². The maximum absolute atomic E-state index is 14.2. The maximum Gasteiger partial charge on any atom is 0.129 e. The molecule has 0 saturated carbocycles. The molecular formula is C22H24F4O6. The van der Waals surface area contributed by atoms with Crippen LogP contribution in [-0.2, 0) is 12.8 Å². The number of hydrogen-bond donors (Lipinski definition) is 6. The Morgan fingerprint density at radius 1 is 0.844 bits per heavy atom. The second kappa shape index (κ2) is 10.1. The largest absolute Gasteiger partial charge is 0.394 e. The summed E-state index contributed by atoms with van der Waals surface area (Å²) >= 11 is 0. The molecule has 32 heavy (non-hydrogen) atoms. The third-order valence-electron chi connectivity index (χ3n) is 5.34. The molecule has 0 aliphatic rings. The first-order chi connectivity index (χ1) is 14.9. The van der Waals surface area contributed by atoms with Crippen molar-refractivity contribution in [3.63, 3.8) is 0 Å². The van der Waals surface area contributed by atoms with Crippen LogP contribution < -0.4 is 0 Å². The van der Waals surface area contributed by atoms with Crippen molar-refractivity contribution in [3.8, 4) is 0 Å². The number of halogens is 4. The van der Waals surface area contributed by atoms with E-state index in [2.05, 4.69) is 6.58 Å². The molecule has 2 aromatic carbocycles. The number of benzene rings is 2. The molecule has 0 heterocycles. The van der Waals surface area contributed by atoms with Gasteiger partial charge >= 0.3 is 0 Å². The second-order valence-electron chi connectivity index (χ2n) is 7.61. The molecule has 0 spiro atoms. The molecule has 176 valence electrons. The van der Waals surface area contributed by atoms with Crippen LogP contribution in [0.2, 0.25) is 0 Å². The van der Waals surface area contributed by atoms with Crippen LogP contribution in [0.3, 0.4) is 0 Å². The van der Waals surface area contributed by atoms with Gasteiger partial charge in [-0.25, -0.2) is 17.6 Å². The van der Waals surface area contributed by atoms with Crippen molar-refractivity contribution >= 4 is 0 Å². The van der Waals surface area contributed by atoms with Gasteiger partial charge in [0.2, 0.25) is 0 Å². The van der Waals surface area contributed by atoms with Gasteiger partial charge in [0.05, 0.1) is 6.61 Å². The fourth-order valence-electron chi connectivity index (χ4n) is 3.45. The molecule has 5 atom stereocenters. The average Bonchev–Trinajstić information content (AvgIpc) is 2.75. The van der Waals surface area contributed by atoms with Crippen LogP contribution in [0.25, 0.3) is 0 Å². The molecule has 0 aliphatic heterocycles. The first-order valence-corrected chi connectivity index (χ1v) is 9.49. The van der Waals surface area contributed by atoms with Crippen LogP contribution in [0.5, 0.6) is 0 Å². The molecular weight excluding hydrogens is 436 g/mol. The van der Waals surface area contributed by atoms with Gasteiger partial charge in [0, 0.05) is 25.0 Å². The molecule has 0 aromatic heterocycles. The summed E-state index contributed by atoms with van der Waals surface area (Å²) in [7, 11) is 0. The number of rotatable bonds is 10. The first kappa shape index (κ1) is 25.9. The van der Waals surface area contributed by atoms with Gasteiger partial charge < -0.3 is 30.6 Å². The third kappa shape index (κ3) is 5.34. The minimum atomic E-state index is -2.94. The zero-order valence-electron chi connectivity index (χ0n) is 16.8. The van der Waals surface area contributed by atoms with E-state index >= 15 is 0 Å². The van der Waals surface area contributed by atoms with Gasteiger partial charge in [-0.2, -0.15) is 0 Å². The quantitative estimate of drug-likeness (QED) is 0.230. The molecule has 1 unspecified atom stereocenters. The Hall–Kier alpha value is -2.34. The summed E-state index contributed by atoms with van der Waals surface area (Å²) in [4.78, 5) is 0. The van der Waals surface area contributed by atoms with E-state index in [1.807, 2.05) is 0 Å². The summed E-state index contributed by atoms with van der Waals surface area (Å²) < 4.78 is 54.8. The molecule has 2 rings (SSSR count). The normalized spacial score (nSPS) is 18.3. The molecule has 6 nitrogen and oxygen atoms in total. The lowest BCUT2D eigenvalue weighted by Gasteiger charge is -2.45. The summed E-state index contributed by atoms with van der Waals surface area (Å²) in [6, 6.07) is 4.61. The highest BCUT2D eigenvalue weighted by Crippen LogP contribution is 2.34. The number of hydrogen-bond acceptors (Lipinski definition) is 6. The molecule has 2 aromatic rings. The summed E-state index contributed by atoms with van der Waals surface area (Å²) in [5, 5.41) is 62.5. The van der Waals surface area contributed by atoms with Crippen LogP contribution in [0, 0.1) is 23.3 Å². The molecule has 0 amide bonds. The second-order valence-corrected chi connectivity index (χ2v) is 7.61. The smallest absolute Gasteiger partial charge is 0.129 e. The highest BCUT2D eigenvalue weighted by Gasteiger charge is 2.53. The van der Waals surface area contributed by atoms with E-state index < -0.39 is 77.8 Å². The maximum atomic E-state index is 14.2. The van der Waals surface area contributed by atoms with Crippen molar-refractivity contribution in [3.05, 3.63) is 83.4 Å². The highest BCUT2D eigenvalue weighted by atomic mass is 19.1. The topological polar surface area (TPSA) is 121 Å². The summed E-state index contributed by atoms with van der Waals surface area (Å²) in [5.74, 6) is -4.09. The summed E-state index contributed by atoms with van der Waals surface area (Å²) in [5.41, 5.74) is -6.22. The Labute approximate surface area is 181 Å². The van der Waals surface area contributed by atoms with Crippen molar-refractivity contribution in [2.24, 2.45) is 0 Å². The van der Waals surface area contributed by atoms with E-state index in [4.69, 9.17) is 0 Å². The van der Waals surface area contributed by atoms with E-state index in [1.54, 1.807) is 0 Å². The van der Waals surface area contributed by atoms with Gasteiger partial charge in [-0.1, -0.05) is 18.2 Å². The first-order valence-electron chi connectivity index (χ1n) is 9.49. The van der Waals surface area contributed by atoms with Crippen molar-refractivity contribution in [1.29, 1.82) is 0 Å². The Morgan fingerprint density at radius 3 is 1.72 bits per heavy atom. The molecule has 10 heteroatoms. The highest BCUT2D eigenvalue weighted by molar-refractivity contribution is 5.27. The van der Waals surface area contributed by atoms with Gasteiger partial charge in [0.15, 0.2) is 0 Å². The van der Waals surface area contributed by atoms with E-state index in [0.717, 1.165) is 30.3 Å². The van der Waals surface area contributed by atoms with Crippen LogP contribution in [-0.4, -0.2) is 66.8 Å². The van der Waals surface area contributed by atoms with E-state index in [1.165, 1.54) is 0 Å². The van der Waals surface area contributed by atoms with Crippen LogP contribution in [0.1, 0.15) is 11.1 Å². The lowest BCUT2D eigenvalue weighted by atomic mass is 9.73. The molecule has 6 N–H and O–H groups in total. The number of aliphatic hydroxyl groups is 6. The summed E-state index contributed by atoms with van der Waals surface area (Å²) in [6.45, 7) is 2.25. The van der Waals surface area contributed by atoms with Gasteiger partial charge in [0.1, 0.15) is 52.8 Å². The Bertz CT molecular complexity index is 958. The zero-order chi connectivity index (χ0) is 24.3. The lowest BCUT2D eigenvalue weighted by Crippen LogP contribution is -2.66. The van der Waals surface area contributed by atoms with E-state index in [9.17, 15) is 48.2 Å². The van der Waals surface area contributed by atoms with Gasteiger partial charge in [-0.05, 0) is 23.3 Å². The predicted molar refractivity (Wildman–Crippen MR) is 105 cm³/mol. The fraction of sp³-hybridized carbons (Fsp3) is 0.364. The van der Waals surface area contributed by atoms with Crippen LogP contribution in [0.15, 0.2) is 49.1 Å². The van der Waals surface area contributed by atoms with Crippen molar-refractivity contribution in [2.45, 2.75) is 42.4 Å². The minimum Gasteiger partial charge on any atom is -0.394 e. The predicted octanol–water partition coefficient (Wildman–Crippen LogP) is 0.751. The SMILES string of the molecule is C=CC(O)(Cc1ccc(F)cc1F)[C@@H](O)[C@@](O)(Cc1ccc(F)cc1F)[C@H](O)[C@@H](O)CO. The van der Waals surface area contributed by atoms with Gasteiger partial charge in [-0.15, -0.1) is 6.58 Å². The van der Waals surface area contributed by atoms with Crippen LogP contribution >= 0.6 is 0 Å². The standard InChI is InChI=1S/C22H24F4O6/c1-2-21(31,9-12-3-5-14(23)7-16(12)25)20(30)22(32,19(29)18(28)11-27)10-13-4-6-15(24)8-17(13)26/h2-8,18-20,27-32H,1,9-11H2/t18-,19+,20+,21?,22+/m0/s1. The molecule has 0 fully saturated rings. The molecule has 0 saturated heterocycles. The molecule has 0 bridgehead atoms. The number of aliphatic hydroxyl groups excluding tert-OH is 4. The van der Waals surface area contributed by atoms with Crippen molar-refractivity contribution < 1.29 is 48.2 Å². The van der Waals surface area contributed by atoms with Gasteiger partial charge in [-0.3, -0.25) is 0 Å². The molecule has 0 radical (unpaired) electrons. The fourth-order valence-corrected chi connectivity index (χ4v) is 3.45. The van der Waals surface area contributed by atoms with Crippen LogP contribution in [0.4, 0.5) is 17.6 Å². The average molecular weight is 460 g/mol. The molecule has 0 aliphatic carbocycles. The third-order valence-corrected chi connectivity index (χ3v) is 5.34.